The molecule has 0 unspecified atom stereocenters. The summed E-state index contributed by atoms with van der Waals surface area (Å²) in [5.41, 5.74) is 1.08. The highest BCUT2D eigenvalue weighted by Crippen LogP contribution is 2.29. The van der Waals surface area contributed by atoms with Crippen molar-refractivity contribution in [1.29, 1.82) is 0 Å². The van der Waals surface area contributed by atoms with Gasteiger partial charge in [-0.25, -0.2) is 4.79 Å². The van der Waals surface area contributed by atoms with Crippen LogP contribution in [0.4, 0.5) is 0 Å². The van der Waals surface area contributed by atoms with Gasteiger partial charge in [0.25, 0.3) is 0 Å². The highest BCUT2D eigenvalue weighted by atomic mass is 16.5. The number of aromatic nitrogens is 1. The van der Waals surface area contributed by atoms with Gasteiger partial charge in [-0.15, -0.1) is 0 Å². The number of carbonyl (C=O) groups is 1. The van der Waals surface area contributed by atoms with E-state index in [1.54, 1.807) is 31.4 Å². The molecule has 34 heavy (non-hydrogen) atoms. The second kappa shape index (κ2) is 10.2. The summed E-state index contributed by atoms with van der Waals surface area (Å²) >= 11 is 0. The van der Waals surface area contributed by atoms with Crippen LogP contribution in [0.2, 0.25) is 0 Å². The van der Waals surface area contributed by atoms with E-state index in [2.05, 4.69) is 4.98 Å². The number of ether oxygens (including phenoxy) is 3. The van der Waals surface area contributed by atoms with Crippen molar-refractivity contribution in [2.75, 3.05) is 34.4 Å². The number of para-hydroxylation sites is 1. The molecular weight excluding hydrogens is 432 g/mol. The zero-order valence-corrected chi connectivity index (χ0v) is 19.3. The van der Waals surface area contributed by atoms with Gasteiger partial charge in [0.15, 0.2) is 0 Å². The Morgan fingerprint density at radius 3 is 2.41 bits per heavy atom. The zero-order valence-electron chi connectivity index (χ0n) is 19.3. The predicted octanol–water partition coefficient (Wildman–Crippen LogP) is 4.71. The van der Waals surface area contributed by atoms with E-state index in [0.717, 1.165) is 0 Å². The van der Waals surface area contributed by atoms with E-state index < -0.39 is 11.4 Å². The highest BCUT2D eigenvalue weighted by Gasteiger charge is 2.22. The van der Waals surface area contributed by atoms with Gasteiger partial charge < -0.3 is 24.1 Å². The number of carbonyl (C=O) groups excluding carboxylic acids is 1. The summed E-state index contributed by atoms with van der Waals surface area (Å²) < 4.78 is 16.7. The van der Waals surface area contributed by atoms with Gasteiger partial charge in [0.2, 0.25) is 5.43 Å². The number of nitrogens with zero attached hydrogens (tertiary/aromatic N) is 1. The van der Waals surface area contributed by atoms with E-state index in [1.165, 1.54) is 0 Å². The number of fused-ring (bicyclic) bond motifs is 1. The summed E-state index contributed by atoms with van der Waals surface area (Å²) in [5, 5.41) is 0.376. The number of methoxy groups -OCH3 is 1. The fourth-order valence-electron chi connectivity index (χ4n) is 3.54. The molecule has 0 fully saturated rings. The Morgan fingerprint density at radius 1 is 0.912 bits per heavy atom. The number of H-pyrrole nitrogens is 1. The van der Waals surface area contributed by atoms with Gasteiger partial charge in [0.05, 0.1) is 18.3 Å². The van der Waals surface area contributed by atoms with Crippen LogP contribution in [0.15, 0.2) is 77.6 Å². The third-order valence-corrected chi connectivity index (χ3v) is 5.29. The molecule has 3 aromatic carbocycles. The van der Waals surface area contributed by atoms with E-state index >= 15 is 0 Å². The number of hydrogen-bond acceptors (Lipinski definition) is 6. The Balaban J connectivity index is 1.82. The Bertz CT molecular complexity index is 1360. The van der Waals surface area contributed by atoms with E-state index in [4.69, 9.17) is 14.2 Å². The van der Waals surface area contributed by atoms with Crippen molar-refractivity contribution in [3.05, 3.63) is 88.6 Å². The molecule has 1 aromatic heterocycles. The lowest BCUT2D eigenvalue weighted by Gasteiger charge is -2.14. The Hall–Kier alpha value is -4.10. The molecule has 0 aliphatic carbocycles. The summed E-state index contributed by atoms with van der Waals surface area (Å²) in [6, 6.07) is 21.6. The second-order valence-electron chi connectivity index (χ2n) is 8.00. The molecule has 4 aromatic rings. The van der Waals surface area contributed by atoms with Crippen LogP contribution in [0.25, 0.3) is 22.2 Å². The molecule has 1 heterocycles. The van der Waals surface area contributed by atoms with Crippen LogP contribution < -0.4 is 14.9 Å². The molecule has 0 saturated carbocycles. The summed E-state index contributed by atoms with van der Waals surface area (Å²) in [6.45, 7) is 0.715. The minimum atomic E-state index is -0.676. The molecule has 0 spiro atoms. The summed E-state index contributed by atoms with van der Waals surface area (Å²) in [7, 11) is 5.32. The molecule has 4 rings (SSSR count). The average molecular weight is 459 g/mol. The molecule has 0 saturated heterocycles. The number of nitrogens with one attached hydrogen (secondary N) is 1. The number of benzene rings is 3. The Kier molecular flexibility index (Phi) is 6.94. The maximum atomic E-state index is 13.4. The summed E-state index contributed by atoms with van der Waals surface area (Å²) in [5.74, 6) is 1.17. The first-order chi connectivity index (χ1) is 16.5. The van der Waals surface area contributed by atoms with Crippen molar-refractivity contribution >= 4 is 16.9 Å². The van der Waals surface area contributed by atoms with Crippen molar-refractivity contribution in [3.8, 4) is 28.5 Å². The third kappa shape index (κ3) is 5.10. The first kappa shape index (κ1) is 23.1. The maximum absolute atomic E-state index is 13.4. The van der Waals surface area contributed by atoms with Gasteiger partial charge in [-0.1, -0.05) is 30.3 Å². The molecule has 0 amide bonds. The van der Waals surface area contributed by atoms with E-state index in [-0.39, 0.29) is 12.2 Å². The zero-order chi connectivity index (χ0) is 24.1. The molecule has 0 radical (unpaired) electrons. The van der Waals surface area contributed by atoms with Crippen LogP contribution in [0, 0.1) is 0 Å². The molecule has 7 nitrogen and oxygen atoms in total. The lowest BCUT2D eigenvalue weighted by molar-refractivity contribution is 0.0481. The van der Waals surface area contributed by atoms with Crippen molar-refractivity contribution in [2.24, 2.45) is 0 Å². The summed E-state index contributed by atoms with van der Waals surface area (Å²) in [6.07, 6.45) is 0. The smallest absolute Gasteiger partial charge is 0.344 e. The molecule has 0 bridgehead atoms. The van der Waals surface area contributed by atoms with Crippen LogP contribution >= 0.6 is 0 Å². The van der Waals surface area contributed by atoms with Gasteiger partial charge in [-0.05, 0) is 50.5 Å². The Morgan fingerprint density at radius 2 is 1.68 bits per heavy atom. The highest BCUT2D eigenvalue weighted by molar-refractivity contribution is 6.00. The van der Waals surface area contributed by atoms with Crippen molar-refractivity contribution in [1.82, 2.24) is 9.88 Å². The lowest BCUT2D eigenvalue weighted by Crippen LogP contribution is -2.24. The molecule has 0 atom stereocenters. The van der Waals surface area contributed by atoms with Crippen LogP contribution in [-0.2, 0) is 4.74 Å². The largest absolute Gasteiger partial charge is 0.497 e. The fourth-order valence-corrected chi connectivity index (χ4v) is 3.54. The maximum Gasteiger partial charge on any atom is 0.344 e. The van der Waals surface area contributed by atoms with Crippen LogP contribution in [0.3, 0.4) is 0 Å². The van der Waals surface area contributed by atoms with Crippen molar-refractivity contribution in [2.45, 2.75) is 0 Å². The van der Waals surface area contributed by atoms with Gasteiger partial charge in [0, 0.05) is 23.6 Å². The van der Waals surface area contributed by atoms with Crippen LogP contribution in [-0.4, -0.2) is 50.2 Å². The quantitative estimate of drug-likeness (QED) is 0.385. The molecule has 0 aliphatic rings. The standard InChI is InChI=1S/C27H26N2O5/c1-29(2)14-15-33-27(31)24-25(28-23-17-20(32-3)12-13-22(23)26(24)30)18-8-7-11-21(16-18)34-19-9-5-4-6-10-19/h4-13,16-17H,14-15H2,1-3H3,(H,28,30). The molecule has 174 valence electrons. The summed E-state index contributed by atoms with van der Waals surface area (Å²) in [4.78, 5) is 31.7. The second-order valence-corrected chi connectivity index (χ2v) is 8.00. The number of aromatic amines is 1. The van der Waals surface area contributed by atoms with Gasteiger partial charge in [-0.2, -0.15) is 0 Å². The Labute approximate surface area is 197 Å². The first-order valence-corrected chi connectivity index (χ1v) is 10.9. The average Bonchev–Trinajstić information content (AvgIpc) is 2.84. The first-order valence-electron chi connectivity index (χ1n) is 10.9. The predicted molar refractivity (Wildman–Crippen MR) is 132 cm³/mol. The lowest BCUT2D eigenvalue weighted by atomic mass is 10.0. The molecule has 0 aliphatic heterocycles. The SMILES string of the molecule is COc1ccc2c(=O)c(C(=O)OCCN(C)C)c(-c3cccc(Oc4ccccc4)c3)[nH]c2c1. The van der Waals surface area contributed by atoms with E-state index in [1.807, 2.05) is 67.5 Å². The molecule has 1 N–H and O–H groups in total. The molecule has 7 heteroatoms. The minimum absolute atomic E-state index is 0.0479. The topological polar surface area (TPSA) is 80.9 Å². The molecular formula is C27H26N2O5. The van der Waals surface area contributed by atoms with Gasteiger partial charge in [0.1, 0.15) is 29.4 Å². The number of pyridine rings is 1. The van der Waals surface area contributed by atoms with Crippen molar-refractivity contribution < 1.29 is 19.0 Å². The number of rotatable bonds is 8. The monoisotopic (exact) mass is 458 g/mol. The van der Waals surface area contributed by atoms with Crippen LogP contribution in [0.1, 0.15) is 10.4 Å². The van der Waals surface area contributed by atoms with Gasteiger partial charge >= 0.3 is 5.97 Å². The number of hydrogen-bond donors (Lipinski definition) is 1. The number of likely N-dealkylation sites (N-methyl/N-ethyl adjacent to an activating group) is 1. The van der Waals surface area contributed by atoms with Crippen LogP contribution in [0.5, 0.6) is 17.2 Å². The van der Waals surface area contributed by atoms with Gasteiger partial charge in [-0.3, -0.25) is 4.79 Å². The van der Waals surface area contributed by atoms with E-state index in [0.29, 0.717) is 46.0 Å². The van der Waals surface area contributed by atoms with Crippen molar-refractivity contribution in [3.63, 3.8) is 0 Å². The fraction of sp³-hybridized carbons (Fsp3) is 0.185. The van der Waals surface area contributed by atoms with E-state index in [9.17, 15) is 9.59 Å². The normalized spacial score (nSPS) is 10.9. The number of esters is 1. The third-order valence-electron chi connectivity index (χ3n) is 5.29. The minimum Gasteiger partial charge on any atom is -0.497 e.